The van der Waals surface area contributed by atoms with E-state index < -0.39 is 34.5 Å². The maximum absolute atomic E-state index is 13.1. The van der Waals surface area contributed by atoms with Gasteiger partial charge in [0, 0.05) is 0 Å². The second-order valence-electron chi connectivity index (χ2n) is 2.51. The number of carboxylic acid groups (broad SMARTS) is 1. The van der Waals surface area contributed by atoms with Gasteiger partial charge in [0.1, 0.15) is 5.56 Å². The predicted octanol–water partition coefficient (Wildman–Crippen LogP) is 0.820. The second kappa shape index (κ2) is 3.41. The van der Waals surface area contributed by atoms with Crippen LogP contribution in [-0.2, 0) is 0 Å². The van der Waals surface area contributed by atoms with Crippen LogP contribution in [0.1, 0.15) is 10.4 Å². The van der Waals surface area contributed by atoms with Crippen LogP contribution in [0.3, 0.4) is 0 Å². The number of aromatic hydroxyl groups is 1. The van der Waals surface area contributed by atoms with Crippen LogP contribution in [-0.4, -0.2) is 23.3 Å². The number of halogens is 1. The molecular formula is C8H8FNO4. The topological polar surface area (TPSA) is 92.8 Å². The molecule has 1 aromatic rings. The molecule has 0 atom stereocenters. The molecular weight excluding hydrogens is 193 g/mol. The Morgan fingerprint density at radius 1 is 1.64 bits per heavy atom. The van der Waals surface area contributed by atoms with E-state index in [2.05, 4.69) is 4.74 Å². The normalized spacial score (nSPS) is 9.86. The SMILES string of the molecule is COc1c(O)c(C(=O)O)cc(N)c1F. The summed E-state index contributed by atoms with van der Waals surface area (Å²) in [5.74, 6) is -3.73. The lowest BCUT2D eigenvalue weighted by Gasteiger charge is -2.08. The first-order valence-corrected chi connectivity index (χ1v) is 3.57. The zero-order chi connectivity index (χ0) is 10.9. The first kappa shape index (κ1) is 10.1. The number of benzene rings is 1. The Morgan fingerprint density at radius 3 is 2.64 bits per heavy atom. The summed E-state index contributed by atoms with van der Waals surface area (Å²) in [7, 11) is 1.10. The Kier molecular flexibility index (Phi) is 2.46. The van der Waals surface area contributed by atoms with Crippen LogP contribution >= 0.6 is 0 Å². The third kappa shape index (κ3) is 1.41. The van der Waals surface area contributed by atoms with Crippen molar-refractivity contribution in [1.29, 1.82) is 0 Å². The summed E-state index contributed by atoms with van der Waals surface area (Å²) >= 11 is 0. The van der Waals surface area contributed by atoms with Crippen LogP contribution in [0.15, 0.2) is 6.07 Å². The number of hydrogen-bond acceptors (Lipinski definition) is 4. The Balaban J connectivity index is 3.50. The van der Waals surface area contributed by atoms with Crippen molar-refractivity contribution in [3.8, 4) is 11.5 Å². The molecule has 14 heavy (non-hydrogen) atoms. The van der Waals surface area contributed by atoms with Gasteiger partial charge in [-0.2, -0.15) is 0 Å². The molecule has 5 nitrogen and oxygen atoms in total. The fraction of sp³-hybridized carbons (Fsp3) is 0.125. The first-order chi connectivity index (χ1) is 6.49. The smallest absolute Gasteiger partial charge is 0.339 e. The van der Waals surface area contributed by atoms with E-state index in [-0.39, 0.29) is 0 Å². The lowest BCUT2D eigenvalue weighted by Crippen LogP contribution is -2.03. The molecule has 0 saturated carbocycles. The predicted molar refractivity (Wildman–Crippen MR) is 46.0 cm³/mol. The molecule has 0 bridgehead atoms. The van der Waals surface area contributed by atoms with E-state index in [4.69, 9.17) is 10.8 Å². The number of rotatable bonds is 2. The number of methoxy groups -OCH3 is 1. The zero-order valence-electron chi connectivity index (χ0n) is 7.24. The lowest BCUT2D eigenvalue weighted by molar-refractivity contribution is 0.0693. The Hall–Kier alpha value is -1.98. The van der Waals surface area contributed by atoms with Gasteiger partial charge >= 0.3 is 5.97 Å². The molecule has 0 amide bonds. The van der Waals surface area contributed by atoms with Gasteiger partial charge < -0.3 is 20.7 Å². The number of carboxylic acids is 1. The molecule has 76 valence electrons. The summed E-state index contributed by atoms with van der Waals surface area (Å²) in [5, 5.41) is 17.9. The van der Waals surface area contributed by atoms with E-state index in [1.165, 1.54) is 0 Å². The summed E-state index contributed by atoms with van der Waals surface area (Å²) < 4.78 is 17.6. The van der Waals surface area contributed by atoms with Crippen molar-refractivity contribution in [2.24, 2.45) is 0 Å². The van der Waals surface area contributed by atoms with Gasteiger partial charge in [-0.05, 0) is 6.07 Å². The quantitative estimate of drug-likeness (QED) is 0.486. The van der Waals surface area contributed by atoms with Gasteiger partial charge in [0.15, 0.2) is 17.3 Å². The molecule has 1 aromatic carbocycles. The van der Waals surface area contributed by atoms with Crippen LogP contribution < -0.4 is 10.5 Å². The summed E-state index contributed by atoms with van der Waals surface area (Å²) in [6.07, 6.45) is 0. The highest BCUT2D eigenvalue weighted by molar-refractivity contribution is 5.93. The molecule has 0 fully saturated rings. The van der Waals surface area contributed by atoms with Crippen molar-refractivity contribution in [3.05, 3.63) is 17.4 Å². The van der Waals surface area contributed by atoms with E-state index in [1.807, 2.05) is 0 Å². The van der Waals surface area contributed by atoms with Gasteiger partial charge in [-0.15, -0.1) is 0 Å². The van der Waals surface area contributed by atoms with Crippen molar-refractivity contribution < 1.29 is 24.1 Å². The van der Waals surface area contributed by atoms with Crippen molar-refractivity contribution >= 4 is 11.7 Å². The Morgan fingerprint density at radius 2 is 2.21 bits per heavy atom. The average molecular weight is 201 g/mol. The third-order valence-corrected chi connectivity index (χ3v) is 1.66. The highest BCUT2D eigenvalue weighted by atomic mass is 19.1. The maximum atomic E-state index is 13.1. The van der Waals surface area contributed by atoms with E-state index in [0.29, 0.717) is 0 Å². The molecule has 0 aliphatic heterocycles. The van der Waals surface area contributed by atoms with E-state index >= 15 is 0 Å². The third-order valence-electron chi connectivity index (χ3n) is 1.66. The van der Waals surface area contributed by atoms with Crippen molar-refractivity contribution in [3.63, 3.8) is 0 Å². The largest absolute Gasteiger partial charge is 0.504 e. The highest BCUT2D eigenvalue weighted by Crippen LogP contribution is 2.36. The van der Waals surface area contributed by atoms with Gasteiger partial charge in [-0.3, -0.25) is 0 Å². The molecule has 0 heterocycles. The first-order valence-electron chi connectivity index (χ1n) is 3.57. The van der Waals surface area contributed by atoms with Gasteiger partial charge in [-0.1, -0.05) is 0 Å². The molecule has 0 saturated heterocycles. The van der Waals surface area contributed by atoms with Crippen molar-refractivity contribution in [2.45, 2.75) is 0 Å². The number of hydrogen-bond donors (Lipinski definition) is 3. The highest BCUT2D eigenvalue weighted by Gasteiger charge is 2.20. The van der Waals surface area contributed by atoms with Crippen LogP contribution in [0, 0.1) is 5.82 Å². The molecule has 0 aromatic heterocycles. The Labute approximate surface area is 78.5 Å². The number of aromatic carboxylic acids is 1. The molecule has 6 heteroatoms. The minimum Gasteiger partial charge on any atom is -0.504 e. The average Bonchev–Trinajstić information content (AvgIpc) is 2.12. The van der Waals surface area contributed by atoms with Crippen LogP contribution in [0.2, 0.25) is 0 Å². The van der Waals surface area contributed by atoms with Crippen molar-refractivity contribution in [2.75, 3.05) is 12.8 Å². The number of carbonyl (C=O) groups is 1. The number of nitrogens with two attached hydrogens (primary N) is 1. The van der Waals surface area contributed by atoms with Crippen LogP contribution in [0.5, 0.6) is 11.5 Å². The molecule has 4 N–H and O–H groups in total. The van der Waals surface area contributed by atoms with E-state index in [0.717, 1.165) is 13.2 Å². The standard InChI is InChI=1S/C8H8FNO4/c1-14-7-5(9)4(10)2-3(6(7)11)8(12)13/h2,11H,10H2,1H3,(H,12,13). The lowest BCUT2D eigenvalue weighted by atomic mass is 10.1. The molecule has 1 rings (SSSR count). The molecule has 0 radical (unpaired) electrons. The van der Waals surface area contributed by atoms with E-state index in [1.54, 1.807) is 0 Å². The molecule has 0 spiro atoms. The monoisotopic (exact) mass is 201 g/mol. The molecule has 0 aliphatic rings. The number of nitrogen functional groups attached to an aromatic ring is 1. The van der Waals surface area contributed by atoms with E-state index in [9.17, 15) is 14.3 Å². The second-order valence-corrected chi connectivity index (χ2v) is 2.51. The summed E-state index contributed by atoms with van der Waals surface area (Å²) in [6, 6.07) is 0.829. The maximum Gasteiger partial charge on any atom is 0.339 e. The fourth-order valence-corrected chi connectivity index (χ4v) is 0.994. The number of ether oxygens (including phenoxy) is 1. The summed E-state index contributed by atoms with van der Waals surface area (Å²) in [6.45, 7) is 0. The number of anilines is 1. The van der Waals surface area contributed by atoms with Crippen LogP contribution in [0.25, 0.3) is 0 Å². The van der Waals surface area contributed by atoms with Crippen molar-refractivity contribution in [1.82, 2.24) is 0 Å². The zero-order valence-corrected chi connectivity index (χ0v) is 7.24. The van der Waals surface area contributed by atoms with Gasteiger partial charge in [0.05, 0.1) is 12.8 Å². The van der Waals surface area contributed by atoms with Gasteiger partial charge in [-0.25, -0.2) is 9.18 Å². The van der Waals surface area contributed by atoms with Crippen LogP contribution in [0.4, 0.5) is 10.1 Å². The summed E-state index contributed by atoms with van der Waals surface area (Å²) in [5.41, 5.74) is 4.28. The minimum atomic E-state index is -1.41. The number of phenols is 1. The minimum absolute atomic E-state index is 0.392. The fourth-order valence-electron chi connectivity index (χ4n) is 0.994. The summed E-state index contributed by atoms with van der Waals surface area (Å²) in [4.78, 5) is 10.6. The van der Waals surface area contributed by atoms with Gasteiger partial charge in [0.25, 0.3) is 0 Å². The Bertz CT molecular complexity index is 391. The molecule has 0 unspecified atom stereocenters. The van der Waals surface area contributed by atoms with Gasteiger partial charge in [0.2, 0.25) is 0 Å². The molecule has 0 aliphatic carbocycles.